The van der Waals surface area contributed by atoms with Crippen LogP contribution in [0.25, 0.3) is 0 Å². The van der Waals surface area contributed by atoms with Gasteiger partial charge in [-0.05, 0) is 32.0 Å². The van der Waals surface area contributed by atoms with Crippen molar-refractivity contribution < 1.29 is 4.39 Å². The van der Waals surface area contributed by atoms with Crippen molar-refractivity contribution in [2.24, 2.45) is 5.73 Å². The summed E-state index contributed by atoms with van der Waals surface area (Å²) in [6.45, 7) is 3.88. The molecule has 2 aromatic rings. The number of nitrogens with two attached hydrogens (primary N) is 1. The van der Waals surface area contributed by atoms with Crippen molar-refractivity contribution in [2.75, 3.05) is 0 Å². The third-order valence-electron chi connectivity index (χ3n) is 2.68. The van der Waals surface area contributed by atoms with E-state index in [-0.39, 0.29) is 11.9 Å². The summed E-state index contributed by atoms with van der Waals surface area (Å²) < 4.78 is 13.5. The molecule has 0 saturated heterocycles. The molecule has 1 aromatic heterocycles. The van der Waals surface area contributed by atoms with E-state index in [1.807, 2.05) is 26.0 Å². The van der Waals surface area contributed by atoms with Crippen molar-refractivity contribution in [2.45, 2.75) is 37.0 Å². The smallest absolute Gasteiger partial charge is 0.139 e. The molecule has 0 bridgehead atoms. The van der Waals surface area contributed by atoms with Crippen LogP contribution in [0.5, 0.6) is 0 Å². The summed E-state index contributed by atoms with van der Waals surface area (Å²) >= 11 is 1.41. The molecule has 1 unspecified atom stereocenters. The maximum Gasteiger partial charge on any atom is 0.139 e. The first-order chi connectivity index (χ1) is 9.54. The molecule has 0 aliphatic carbocycles. The van der Waals surface area contributed by atoms with Crippen molar-refractivity contribution in [3.05, 3.63) is 53.4 Å². The maximum absolute atomic E-state index is 13.5. The molecule has 1 aromatic carbocycles. The van der Waals surface area contributed by atoms with Crippen molar-refractivity contribution in [3.63, 3.8) is 0 Å². The van der Waals surface area contributed by atoms with Crippen LogP contribution in [0.1, 0.15) is 24.1 Å². The lowest BCUT2D eigenvalue weighted by molar-refractivity contribution is 0.602. The Labute approximate surface area is 122 Å². The first-order valence-corrected chi connectivity index (χ1v) is 7.49. The van der Waals surface area contributed by atoms with Gasteiger partial charge in [-0.1, -0.05) is 12.1 Å². The minimum atomic E-state index is -0.207. The molecule has 1 heterocycles. The molecular formula is C15H18FN3S. The highest BCUT2D eigenvalue weighted by molar-refractivity contribution is 7.98. The molecule has 0 saturated carbocycles. The molecule has 0 aliphatic rings. The zero-order valence-corrected chi connectivity index (χ0v) is 12.5. The van der Waals surface area contributed by atoms with E-state index < -0.39 is 0 Å². The van der Waals surface area contributed by atoms with Crippen LogP contribution < -0.4 is 5.73 Å². The van der Waals surface area contributed by atoms with Gasteiger partial charge in [-0.15, -0.1) is 11.8 Å². The van der Waals surface area contributed by atoms with Crippen molar-refractivity contribution in [3.8, 4) is 0 Å². The van der Waals surface area contributed by atoms with Gasteiger partial charge in [0, 0.05) is 28.7 Å². The van der Waals surface area contributed by atoms with Gasteiger partial charge in [0.2, 0.25) is 0 Å². The van der Waals surface area contributed by atoms with Crippen molar-refractivity contribution in [1.29, 1.82) is 0 Å². The average molecular weight is 291 g/mol. The summed E-state index contributed by atoms with van der Waals surface area (Å²) in [4.78, 5) is 9.49. The van der Waals surface area contributed by atoms with Gasteiger partial charge in [-0.3, -0.25) is 0 Å². The second-order valence-corrected chi connectivity index (χ2v) is 5.83. The number of rotatable bonds is 5. The zero-order valence-electron chi connectivity index (χ0n) is 11.6. The lowest BCUT2D eigenvalue weighted by atomic mass is 10.2. The molecule has 0 fully saturated rings. The van der Waals surface area contributed by atoms with E-state index in [1.54, 1.807) is 12.1 Å². The number of thioether (sulfide) groups is 1. The normalized spacial score (nSPS) is 12.4. The molecule has 0 spiro atoms. The first-order valence-electron chi connectivity index (χ1n) is 6.51. The van der Waals surface area contributed by atoms with E-state index in [0.29, 0.717) is 16.5 Å². The van der Waals surface area contributed by atoms with Crippen LogP contribution in [0, 0.1) is 12.7 Å². The quantitative estimate of drug-likeness (QED) is 0.860. The summed E-state index contributed by atoms with van der Waals surface area (Å²) in [5.74, 6) is 1.06. The van der Waals surface area contributed by atoms with E-state index in [9.17, 15) is 4.39 Å². The lowest BCUT2D eigenvalue weighted by Gasteiger charge is -2.08. The standard InChI is InChI=1S/C15H18FN3S/c1-10(17)7-12-8-11(2)18-15(19-12)9-20-14-6-4-3-5-13(14)16/h3-6,8,10H,7,9,17H2,1-2H3. The summed E-state index contributed by atoms with van der Waals surface area (Å²) in [6.07, 6.45) is 0.723. The molecule has 3 nitrogen and oxygen atoms in total. The van der Waals surface area contributed by atoms with Gasteiger partial charge in [0.25, 0.3) is 0 Å². The molecular weight excluding hydrogens is 273 g/mol. The molecule has 0 aliphatic heterocycles. The highest BCUT2D eigenvalue weighted by Crippen LogP contribution is 2.24. The third kappa shape index (κ3) is 4.28. The molecule has 0 radical (unpaired) electrons. The fourth-order valence-electron chi connectivity index (χ4n) is 1.90. The SMILES string of the molecule is Cc1cc(CC(C)N)nc(CSc2ccccc2F)n1. The predicted molar refractivity (Wildman–Crippen MR) is 80.1 cm³/mol. The Kier molecular flexibility index (Phi) is 5.09. The number of hydrogen-bond donors (Lipinski definition) is 1. The first kappa shape index (κ1) is 14.9. The van der Waals surface area contributed by atoms with Gasteiger partial charge in [0.05, 0.1) is 5.75 Å². The van der Waals surface area contributed by atoms with Gasteiger partial charge < -0.3 is 5.73 Å². The van der Waals surface area contributed by atoms with Crippen LogP contribution >= 0.6 is 11.8 Å². The minimum absolute atomic E-state index is 0.0661. The van der Waals surface area contributed by atoms with E-state index in [4.69, 9.17) is 5.73 Å². The zero-order chi connectivity index (χ0) is 14.5. The number of hydrogen-bond acceptors (Lipinski definition) is 4. The molecule has 1 atom stereocenters. The predicted octanol–water partition coefficient (Wildman–Crippen LogP) is 3.11. The Morgan fingerprint density at radius 2 is 2.05 bits per heavy atom. The molecule has 0 amide bonds. The van der Waals surface area contributed by atoms with Gasteiger partial charge >= 0.3 is 0 Å². The monoisotopic (exact) mass is 291 g/mol. The highest BCUT2D eigenvalue weighted by Gasteiger charge is 2.07. The van der Waals surface area contributed by atoms with Gasteiger partial charge in [-0.2, -0.15) is 0 Å². The van der Waals surface area contributed by atoms with Crippen LogP contribution in [-0.4, -0.2) is 16.0 Å². The van der Waals surface area contributed by atoms with E-state index >= 15 is 0 Å². The summed E-state index contributed by atoms with van der Waals surface area (Å²) in [6, 6.07) is 8.74. The van der Waals surface area contributed by atoms with Gasteiger partial charge in [-0.25, -0.2) is 14.4 Å². The molecule has 2 rings (SSSR count). The Bertz CT molecular complexity index is 587. The van der Waals surface area contributed by atoms with Crippen LogP contribution in [0.4, 0.5) is 4.39 Å². The molecule has 2 N–H and O–H groups in total. The Morgan fingerprint density at radius 1 is 1.30 bits per heavy atom. The topological polar surface area (TPSA) is 51.8 Å². The second-order valence-electron chi connectivity index (χ2n) is 4.82. The van der Waals surface area contributed by atoms with Gasteiger partial charge in [0.1, 0.15) is 11.6 Å². The maximum atomic E-state index is 13.5. The van der Waals surface area contributed by atoms with Gasteiger partial charge in [0.15, 0.2) is 0 Å². The van der Waals surface area contributed by atoms with Crippen molar-refractivity contribution >= 4 is 11.8 Å². The lowest BCUT2D eigenvalue weighted by Crippen LogP contribution is -2.19. The number of aryl methyl sites for hydroxylation is 1. The second kappa shape index (κ2) is 6.81. The van der Waals surface area contributed by atoms with Crippen LogP contribution in [0.2, 0.25) is 0 Å². The Hall–Kier alpha value is -1.46. The van der Waals surface area contributed by atoms with Crippen LogP contribution in [-0.2, 0) is 12.2 Å². The average Bonchev–Trinajstić information content (AvgIpc) is 2.36. The molecule has 5 heteroatoms. The molecule has 20 heavy (non-hydrogen) atoms. The van der Waals surface area contributed by atoms with Crippen LogP contribution in [0.3, 0.4) is 0 Å². The third-order valence-corrected chi connectivity index (χ3v) is 3.72. The van der Waals surface area contributed by atoms with Crippen molar-refractivity contribution in [1.82, 2.24) is 9.97 Å². The summed E-state index contributed by atoms with van der Waals surface area (Å²) in [7, 11) is 0. The summed E-state index contributed by atoms with van der Waals surface area (Å²) in [5, 5.41) is 0. The minimum Gasteiger partial charge on any atom is -0.328 e. The Morgan fingerprint density at radius 3 is 2.75 bits per heavy atom. The van der Waals surface area contributed by atoms with Crippen LogP contribution in [0.15, 0.2) is 35.2 Å². The fourth-order valence-corrected chi connectivity index (χ4v) is 2.70. The Balaban J connectivity index is 2.09. The largest absolute Gasteiger partial charge is 0.328 e. The van der Waals surface area contributed by atoms with E-state index in [0.717, 1.165) is 17.8 Å². The number of nitrogens with zero attached hydrogens (tertiary/aromatic N) is 2. The number of aromatic nitrogens is 2. The summed E-state index contributed by atoms with van der Waals surface area (Å²) in [5.41, 5.74) is 7.65. The molecule has 106 valence electrons. The number of benzene rings is 1. The number of halogens is 1. The van der Waals surface area contributed by atoms with E-state index in [1.165, 1.54) is 17.8 Å². The van der Waals surface area contributed by atoms with E-state index in [2.05, 4.69) is 9.97 Å². The fraction of sp³-hybridized carbons (Fsp3) is 0.333. The highest BCUT2D eigenvalue weighted by atomic mass is 32.2.